The van der Waals surface area contributed by atoms with Gasteiger partial charge in [0.15, 0.2) is 5.82 Å². The van der Waals surface area contributed by atoms with Gasteiger partial charge in [-0.3, -0.25) is 0 Å². The number of rotatable bonds is 3. The highest BCUT2D eigenvalue weighted by Gasteiger charge is 2.15. The molecular weight excluding hydrogens is 275 g/mol. The Kier molecular flexibility index (Phi) is 4.12. The second kappa shape index (κ2) is 5.59. The maximum absolute atomic E-state index is 13.4. The molecule has 1 aliphatic heterocycles. The highest BCUT2D eigenvalue weighted by Crippen LogP contribution is 2.19. The highest BCUT2D eigenvalue weighted by atomic mass is 79.9. The van der Waals surface area contributed by atoms with Crippen LogP contribution in [-0.4, -0.2) is 24.7 Å². The molecule has 0 amide bonds. The first-order valence-corrected chi connectivity index (χ1v) is 6.19. The van der Waals surface area contributed by atoms with E-state index in [9.17, 15) is 4.39 Å². The van der Waals surface area contributed by atoms with Gasteiger partial charge in [0, 0.05) is 23.1 Å². The van der Waals surface area contributed by atoms with E-state index in [4.69, 9.17) is 4.74 Å². The fourth-order valence-electron chi connectivity index (χ4n) is 1.77. The quantitative estimate of drug-likeness (QED) is 0.927. The molecule has 1 fully saturated rings. The summed E-state index contributed by atoms with van der Waals surface area (Å²) in [6, 6.07) is 1.36. The molecule has 0 aromatic carbocycles. The zero-order chi connectivity index (χ0) is 11.4. The average Bonchev–Trinajstić information content (AvgIpc) is 2.29. The van der Waals surface area contributed by atoms with Crippen LogP contribution < -0.4 is 10.1 Å². The van der Waals surface area contributed by atoms with E-state index >= 15 is 0 Å². The summed E-state index contributed by atoms with van der Waals surface area (Å²) in [6.07, 6.45) is 3.83. The van der Waals surface area contributed by atoms with Crippen molar-refractivity contribution < 1.29 is 9.13 Å². The van der Waals surface area contributed by atoms with Crippen molar-refractivity contribution in [3.05, 3.63) is 22.6 Å². The molecule has 0 radical (unpaired) electrons. The Balaban J connectivity index is 1.88. The molecule has 0 bridgehead atoms. The average molecular weight is 289 g/mol. The fraction of sp³-hybridized carbons (Fsp3) is 0.545. The molecule has 0 spiro atoms. The molecule has 16 heavy (non-hydrogen) atoms. The fourth-order valence-corrected chi connectivity index (χ4v) is 2.07. The summed E-state index contributed by atoms with van der Waals surface area (Å²) in [5, 5.41) is 3.29. The smallest absolute Gasteiger partial charge is 0.250 e. The van der Waals surface area contributed by atoms with E-state index in [1.165, 1.54) is 12.3 Å². The van der Waals surface area contributed by atoms with E-state index in [1.54, 1.807) is 0 Å². The Morgan fingerprint density at radius 2 is 2.50 bits per heavy atom. The largest absolute Gasteiger partial charge is 0.475 e. The van der Waals surface area contributed by atoms with Crippen LogP contribution in [0.15, 0.2) is 16.7 Å². The molecule has 5 heteroatoms. The molecule has 2 rings (SSSR count). The van der Waals surface area contributed by atoms with Gasteiger partial charge in [0.05, 0.1) is 6.61 Å². The van der Waals surface area contributed by atoms with Gasteiger partial charge in [0.25, 0.3) is 0 Å². The summed E-state index contributed by atoms with van der Waals surface area (Å²) < 4.78 is 19.4. The first-order valence-electron chi connectivity index (χ1n) is 5.40. The molecule has 3 nitrogen and oxygen atoms in total. The van der Waals surface area contributed by atoms with Crippen LogP contribution in [0.2, 0.25) is 0 Å². The molecule has 1 aromatic rings. The van der Waals surface area contributed by atoms with E-state index in [0.717, 1.165) is 25.9 Å². The second-order valence-corrected chi connectivity index (χ2v) is 4.88. The SMILES string of the molecule is Fc1cc(Br)cnc1OCC1CCCNC1. The van der Waals surface area contributed by atoms with Crippen molar-refractivity contribution in [1.29, 1.82) is 0 Å². The summed E-state index contributed by atoms with van der Waals surface area (Å²) in [5.74, 6) is 0.130. The van der Waals surface area contributed by atoms with Crippen molar-refractivity contribution in [2.45, 2.75) is 12.8 Å². The van der Waals surface area contributed by atoms with Gasteiger partial charge in [-0.1, -0.05) is 0 Å². The number of nitrogens with one attached hydrogen (secondary N) is 1. The predicted octanol–water partition coefficient (Wildman–Crippen LogP) is 2.36. The van der Waals surface area contributed by atoms with Crippen molar-refractivity contribution >= 4 is 15.9 Å². The number of piperidine rings is 1. The van der Waals surface area contributed by atoms with Crippen LogP contribution >= 0.6 is 15.9 Å². The molecule has 2 heterocycles. The lowest BCUT2D eigenvalue weighted by atomic mass is 10.0. The number of pyridine rings is 1. The minimum absolute atomic E-state index is 0.0915. The zero-order valence-corrected chi connectivity index (χ0v) is 10.5. The monoisotopic (exact) mass is 288 g/mol. The topological polar surface area (TPSA) is 34.1 Å². The van der Waals surface area contributed by atoms with Crippen LogP contribution in [0.1, 0.15) is 12.8 Å². The Morgan fingerprint density at radius 3 is 3.19 bits per heavy atom. The molecule has 1 unspecified atom stereocenters. The Bertz CT molecular complexity index is 356. The minimum Gasteiger partial charge on any atom is -0.475 e. The zero-order valence-electron chi connectivity index (χ0n) is 8.88. The highest BCUT2D eigenvalue weighted by molar-refractivity contribution is 9.10. The number of hydrogen-bond donors (Lipinski definition) is 1. The Morgan fingerprint density at radius 1 is 1.62 bits per heavy atom. The van der Waals surface area contributed by atoms with E-state index in [-0.39, 0.29) is 5.88 Å². The lowest BCUT2D eigenvalue weighted by molar-refractivity contribution is 0.204. The van der Waals surface area contributed by atoms with Crippen molar-refractivity contribution in [2.75, 3.05) is 19.7 Å². The third-order valence-electron chi connectivity index (χ3n) is 2.63. The molecule has 1 atom stereocenters. The van der Waals surface area contributed by atoms with Crippen molar-refractivity contribution in [2.24, 2.45) is 5.92 Å². The maximum Gasteiger partial charge on any atom is 0.250 e. The summed E-state index contributed by atoms with van der Waals surface area (Å²) >= 11 is 3.16. The summed E-state index contributed by atoms with van der Waals surface area (Å²) in [6.45, 7) is 2.54. The van der Waals surface area contributed by atoms with Gasteiger partial charge < -0.3 is 10.1 Å². The number of ether oxygens (including phenoxy) is 1. The molecule has 1 saturated heterocycles. The summed E-state index contributed by atoms with van der Waals surface area (Å²) in [5.41, 5.74) is 0. The third kappa shape index (κ3) is 3.15. The van der Waals surface area contributed by atoms with Crippen LogP contribution in [0, 0.1) is 11.7 Å². The van der Waals surface area contributed by atoms with Gasteiger partial charge >= 0.3 is 0 Å². The first kappa shape index (κ1) is 11.8. The standard InChI is InChI=1S/C11H14BrFN2O/c12-9-4-10(13)11(15-6-9)16-7-8-2-1-3-14-5-8/h4,6,8,14H,1-3,5,7H2. The van der Waals surface area contributed by atoms with E-state index in [1.807, 2.05) is 0 Å². The molecule has 0 aliphatic carbocycles. The second-order valence-electron chi connectivity index (χ2n) is 3.96. The number of halogens is 2. The number of nitrogens with zero attached hydrogens (tertiary/aromatic N) is 1. The van der Waals surface area contributed by atoms with E-state index < -0.39 is 5.82 Å². The lowest BCUT2D eigenvalue weighted by Gasteiger charge is -2.22. The lowest BCUT2D eigenvalue weighted by Crippen LogP contribution is -2.33. The molecule has 1 aliphatic rings. The normalized spacial score (nSPS) is 20.8. The molecule has 1 N–H and O–H groups in total. The minimum atomic E-state index is -0.418. The van der Waals surface area contributed by atoms with Crippen LogP contribution in [0.5, 0.6) is 5.88 Å². The molecular formula is C11H14BrFN2O. The summed E-state index contributed by atoms with van der Waals surface area (Å²) in [7, 11) is 0. The van der Waals surface area contributed by atoms with Gasteiger partial charge in [-0.2, -0.15) is 0 Å². The summed E-state index contributed by atoms with van der Waals surface area (Å²) in [4.78, 5) is 3.90. The molecule has 0 saturated carbocycles. The third-order valence-corrected chi connectivity index (χ3v) is 3.06. The Hall–Kier alpha value is -0.680. The van der Waals surface area contributed by atoms with Crippen molar-refractivity contribution in [1.82, 2.24) is 10.3 Å². The van der Waals surface area contributed by atoms with E-state index in [0.29, 0.717) is 17.0 Å². The van der Waals surface area contributed by atoms with Crippen molar-refractivity contribution in [3.63, 3.8) is 0 Å². The number of aromatic nitrogens is 1. The van der Waals surface area contributed by atoms with Crippen LogP contribution in [0.3, 0.4) is 0 Å². The van der Waals surface area contributed by atoms with Crippen LogP contribution in [0.25, 0.3) is 0 Å². The molecule has 88 valence electrons. The van der Waals surface area contributed by atoms with E-state index in [2.05, 4.69) is 26.2 Å². The van der Waals surface area contributed by atoms with Gasteiger partial charge in [0.1, 0.15) is 0 Å². The van der Waals surface area contributed by atoms with Crippen LogP contribution in [0.4, 0.5) is 4.39 Å². The maximum atomic E-state index is 13.4. The van der Waals surface area contributed by atoms with Gasteiger partial charge in [0.2, 0.25) is 5.88 Å². The Labute approximate surface area is 103 Å². The van der Waals surface area contributed by atoms with Gasteiger partial charge in [-0.25, -0.2) is 9.37 Å². The predicted molar refractivity (Wildman–Crippen MR) is 63.0 cm³/mol. The first-order chi connectivity index (χ1) is 7.75. The van der Waals surface area contributed by atoms with Gasteiger partial charge in [-0.05, 0) is 41.4 Å². The van der Waals surface area contributed by atoms with Crippen LogP contribution in [-0.2, 0) is 0 Å². The molecule has 1 aromatic heterocycles. The van der Waals surface area contributed by atoms with Gasteiger partial charge in [-0.15, -0.1) is 0 Å². The number of hydrogen-bond acceptors (Lipinski definition) is 3. The van der Waals surface area contributed by atoms with Crippen molar-refractivity contribution in [3.8, 4) is 5.88 Å².